The van der Waals surface area contributed by atoms with Crippen molar-refractivity contribution in [2.24, 2.45) is 5.41 Å². The summed E-state index contributed by atoms with van der Waals surface area (Å²) < 4.78 is 5.27. The van der Waals surface area contributed by atoms with Gasteiger partial charge in [0, 0.05) is 18.5 Å². The number of methoxy groups -OCH3 is 1. The van der Waals surface area contributed by atoms with E-state index in [1.54, 1.807) is 7.11 Å². The molecule has 2 fully saturated rings. The second kappa shape index (κ2) is 4.37. The first-order valence-electron chi connectivity index (χ1n) is 7.48. The number of aromatic nitrogens is 1. The van der Waals surface area contributed by atoms with Crippen LogP contribution in [-0.2, 0) is 0 Å². The molecule has 1 aromatic carbocycles. The average molecular weight is 268 g/mol. The molecule has 2 aliphatic rings. The first-order chi connectivity index (χ1) is 9.78. The molecule has 0 bridgehead atoms. The summed E-state index contributed by atoms with van der Waals surface area (Å²) in [6.45, 7) is 2.35. The highest BCUT2D eigenvalue weighted by Gasteiger charge is 2.45. The molecule has 3 nitrogen and oxygen atoms in total. The highest BCUT2D eigenvalue weighted by molar-refractivity contribution is 5.81. The lowest BCUT2D eigenvalue weighted by Gasteiger charge is -2.34. The minimum atomic E-state index is 0.634. The van der Waals surface area contributed by atoms with Gasteiger partial charge in [-0.05, 0) is 61.4 Å². The zero-order chi connectivity index (χ0) is 13.6. The quantitative estimate of drug-likeness (QED) is 0.831. The maximum atomic E-state index is 5.27. The molecule has 0 unspecified atom stereocenters. The lowest BCUT2D eigenvalue weighted by Crippen LogP contribution is -2.36. The fourth-order valence-electron chi connectivity index (χ4n) is 3.38. The van der Waals surface area contributed by atoms with Crippen LogP contribution in [0.15, 0.2) is 30.3 Å². The van der Waals surface area contributed by atoms with Crippen molar-refractivity contribution in [3.05, 3.63) is 30.3 Å². The Labute approximate surface area is 119 Å². The van der Waals surface area contributed by atoms with Crippen LogP contribution in [-0.4, -0.2) is 25.2 Å². The molecule has 1 spiro atoms. The second-order valence-electron chi connectivity index (χ2n) is 6.25. The summed E-state index contributed by atoms with van der Waals surface area (Å²) in [7, 11) is 1.70. The first-order valence-corrected chi connectivity index (χ1v) is 7.48. The molecule has 0 radical (unpaired) electrons. The Morgan fingerprint density at radius 3 is 2.85 bits per heavy atom. The first kappa shape index (κ1) is 12.0. The maximum Gasteiger partial charge on any atom is 0.129 e. The fourth-order valence-corrected chi connectivity index (χ4v) is 3.38. The molecule has 20 heavy (non-hydrogen) atoms. The normalized spacial score (nSPS) is 20.4. The monoisotopic (exact) mass is 268 g/mol. The molecule has 0 amide bonds. The van der Waals surface area contributed by atoms with Crippen LogP contribution in [0.5, 0.6) is 5.75 Å². The van der Waals surface area contributed by atoms with Crippen molar-refractivity contribution >= 4 is 16.7 Å². The number of fused-ring (bicyclic) bond motifs is 1. The Kier molecular flexibility index (Phi) is 2.62. The molecular weight excluding hydrogens is 248 g/mol. The molecule has 1 aliphatic heterocycles. The van der Waals surface area contributed by atoms with Crippen molar-refractivity contribution in [1.29, 1.82) is 0 Å². The number of hydrogen-bond donors (Lipinski definition) is 0. The number of hydrogen-bond acceptors (Lipinski definition) is 3. The van der Waals surface area contributed by atoms with E-state index in [-0.39, 0.29) is 0 Å². The Balaban J connectivity index is 1.66. The average Bonchev–Trinajstić information content (AvgIpc) is 3.25. The smallest absolute Gasteiger partial charge is 0.129 e. The predicted octanol–water partition coefficient (Wildman–Crippen LogP) is 3.62. The van der Waals surface area contributed by atoms with E-state index in [9.17, 15) is 0 Å². The number of benzene rings is 1. The molecule has 1 saturated carbocycles. The molecule has 4 rings (SSSR count). The third-order valence-corrected chi connectivity index (χ3v) is 4.82. The summed E-state index contributed by atoms with van der Waals surface area (Å²) in [6.07, 6.45) is 5.54. The third-order valence-electron chi connectivity index (χ3n) is 4.82. The van der Waals surface area contributed by atoms with E-state index in [1.807, 2.05) is 12.1 Å². The number of ether oxygens (including phenoxy) is 1. The van der Waals surface area contributed by atoms with Gasteiger partial charge >= 0.3 is 0 Å². The van der Waals surface area contributed by atoms with Gasteiger partial charge in [0.1, 0.15) is 11.6 Å². The van der Waals surface area contributed by atoms with E-state index in [0.29, 0.717) is 5.41 Å². The summed E-state index contributed by atoms with van der Waals surface area (Å²) in [5.74, 6) is 2.02. The minimum absolute atomic E-state index is 0.634. The third kappa shape index (κ3) is 2.01. The molecule has 1 aliphatic carbocycles. The van der Waals surface area contributed by atoms with Gasteiger partial charge in [-0.2, -0.15) is 0 Å². The summed E-state index contributed by atoms with van der Waals surface area (Å²) in [5, 5.41) is 1.14. The Morgan fingerprint density at radius 2 is 2.05 bits per heavy atom. The van der Waals surface area contributed by atoms with E-state index < -0.39 is 0 Å². The predicted molar refractivity (Wildman–Crippen MR) is 81.4 cm³/mol. The van der Waals surface area contributed by atoms with Crippen LogP contribution >= 0.6 is 0 Å². The topological polar surface area (TPSA) is 25.4 Å². The van der Waals surface area contributed by atoms with Crippen molar-refractivity contribution < 1.29 is 4.74 Å². The zero-order valence-electron chi connectivity index (χ0n) is 11.9. The Bertz CT molecular complexity index is 648. The molecule has 1 aromatic heterocycles. The van der Waals surface area contributed by atoms with Gasteiger partial charge in [0.15, 0.2) is 0 Å². The van der Waals surface area contributed by atoms with E-state index in [0.717, 1.165) is 29.0 Å². The lowest BCUT2D eigenvalue weighted by molar-refractivity contribution is 0.394. The van der Waals surface area contributed by atoms with Crippen LogP contribution < -0.4 is 9.64 Å². The van der Waals surface area contributed by atoms with Crippen molar-refractivity contribution in [1.82, 2.24) is 4.98 Å². The van der Waals surface area contributed by atoms with Gasteiger partial charge < -0.3 is 9.64 Å². The summed E-state index contributed by atoms with van der Waals surface area (Å²) in [6, 6.07) is 10.4. The Morgan fingerprint density at radius 1 is 1.15 bits per heavy atom. The van der Waals surface area contributed by atoms with Crippen molar-refractivity contribution in [3.63, 3.8) is 0 Å². The molecule has 2 heterocycles. The highest BCUT2D eigenvalue weighted by atomic mass is 16.5. The Hall–Kier alpha value is -1.77. The van der Waals surface area contributed by atoms with Crippen LogP contribution in [0.3, 0.4) is 0 Å². The number of piperidine rings is 1. The van der Waals surface area contributed by atoms with E-state index >= 15 is 0 Å². The maximum absolute atomic E-state index is 5.27. The summed E-state index contributed by atoms with van der Waals surface area (Å²) in [4.78, 5) is 7.31. The van der Waals surface area contributed by atoms with Gasteiger partial charge in [0.2, 0.25) is 0 Å². The van der Waals surface area contributed by atoms with Gasteiger partial charge in [-0.15, -0.1) is 0 Å². The zero-order valence-corrected chi connectivity index (χ0v) is 11.9. The number of anilines is 1. The van der Waals surface area contributed by atoms with Crippen LogP contribution in [0.25, 0.3) is 10.9 Å². The van der Waals surface area contributed by atoms with Gasteiger partial charge in [-0.3, -0.25) is 0 Å². The SMILES string of the molecule is COc1ccc2nc(N3CCCC4(CC4)C3)ccc2c1. The van der Waals surface area contributed by atoms with Crippen molar-refractivity contribution in [3.8, 4) is 5.75 Å². The summed E-state index contributed by atoms with van der Waals surface area (Å²) >= 11 is 0. The van der Waals surface area contributed by atoms with Crippen LogP contribution in [0.2, 0.25) is 0 Å². The lowest BCUT2D eigenvalue weighted by atomic mass is 9.95. The number of rotatable bonds is 2. The number of nitrogens with zero attached hydrogens (tertiary/aromatic N) is 2. The van der Waals surface area contributed by atoms with Gasteiger partial charge in [0.25, 0.3) is 0 Å². The van der Waals surface area contributed by atoms with E-state index in [2.05, 4.69) is 23.1 Å². The molecule has 0 atom stereocenters. The fraction of sp³-hybridized carbons (Fsp3) is 0.471. The van der Waals surface area contributed by atoms with Crippen molar-refractivity contribution in [2.45, 2.75) is 25.7 Å². The van der Waals surface area contributed by atoms with Crippen LogP contribution in [0, 0.1) is 5.41 Å². The van der Waals surface area contributed by atoms with Crippen molar-refractivity contribution in [2.75, 3.05) is 25.1 Å². The molecule has 104 valence electrons. The summed E-state index contributed by atoms with van der Waals surface area (Å²) in [5.41, 5.74) is 1.69. The molecule has 0 N–H and O–H groups in total. The van der Waals surface area contributed by atoms with Gasteiger partial charge in [-0.25, -0.2) is 4.98 Å². The molecule has 2 aromatic rings. The van der Waals surface area contributed by atoms with Gasteiger partial charge in [0.05, 0.1) is 12.6 Å². The molecule has 3 heteroatoms. The standard InChI is InChI=1S/C17H20N2O/c1-20-14-4-5-15-13(11-14)3-6-16(18-15)19-10-2-7-17(12-19)8-9-17/h3-6,11H,2,7-10,12H2,1H3. The van der Waals surface area contributed by atoms with Gasteiger partial charge in [-0.1, -0.05) is 0 Å². The highest BCUT2D eigenvalue weighted by Crippen LogP contribution is 2.52. The van der Waals surface area contributed by atoms with E-state index in [1.165, 1.54) is 32.2 Å². The molecule has 1 saturated heterocycles. The van der Waals surface area contributed by atoms with E-state index in [4.69, 9.17) is 9.72 Å². The molecular formula is C17H20N2O. The second-order valence-corrected chi connectivity index (χ2v) is 6.25. The largest absolute Gasteiger partial charge is 0.497 e. The number of pyridine rings is 1. The minimum Gasteiger partial charge on any atom is -0.497 e. The van der Waals surface area contributed by atoms with Crippen LogP contribution in [0.4, 0.5) is 5.82 Å². The van der Waals surface area contributed by atoms with Crippen LogP contribution in [0.1, 0.15) is 25.7 Å².